The summed E-state index contributed by atoms with van der Waals surface area (Å²) < 4.78 is 28.2. The van der Waals surface area contributed by atoms with Crippen molar-refractivity contribution in [1.29, 1.82) is 0 Å². The quantitative estimate of drug-likeness (QED) is 0.869. The molecule has 1 rings (SSSR count). The van der Waals surface area contributed by atoms with Crippen LogP contribution >= 0.6 is 10.7 Å². The molecule has 0 spiro atoms. The number of halogens is 1. The molecule has 0 saturated heterocycles. The molecule has 0 fully saturated rings. The normalized spacial score (nSPS) is 12.1. The van der Waals surface area contributed by atoms with Gasteiger partial charge in [-0.15, -0.1) is 0 Å². The number of benzene rings is 1. The number of methoxy groups -OCH3 is 1. The Morgan fingerprint density at radius 3 is 2.25 bits per heavy atom. The van der Waals surface area contributed by atoms with Gasteiger partial charge >= 0.3 is 0 Å². The summed E-state index contributed by atoms with van der Waals surface area (Å²) in [6.07, 6.45) is 0. The minimum atomic E-state index is -3.97. The van der Waals surface area contributed by atoms with E-state index in [9.17, 15) is 13.2 Å². The number of hydrogen-bond acceptors (Lipinski definition) is 4. The monoisotopic (exact) mass is 319 g/mol. The molecule has 1 aromatic rings. The lowest BCUT2D eigenvalue weighted by Gasteiger charge is -2.20. The third-order valence-corrected chi connectivity index (χ3v) is 3.92. The van der Waals surface area contributed by atoms with Crippen molar-refractivity contribution < 1.29 is 17.9 Å². The molecule has 0 aliphatic rings. The second kappa shape index (κ2) is 5.61. The Morgan fingerprint density at radius 1 is 1.30 bits per heavy atom. The van der Waals surface area contributed by atoms with Crippen LogP contribution in [0.25, 0.3) is 0 Å². The van der Waals surface area contributed by atoms with E-state index in [-0.39, 0.29) is 22.2 Å². The standard InChI is InChI=1S/C13H18ClNO4S/c1-8-6-9(15-12(16)13(2,3)4)11(19-5)10(7-8)20(14,17)18/h6-7H,1-5H3,(H,15,16). The average Bonchev–Trinajstić information content (AvgIpc) is 2.25. The average molecular weight is 320 g/mol. The number of hydrogen-bond donors (Lipinski definition) is 1. The largest absolute Gasteiger partial charge is 0.493 e. The number of nitrogens with one attached hydrogen (secondary N) is 1. The van der Waals surface area contributed by atoms with Crippen molar-refractivity contribution in [1.82, 2.24) is 0 Å². The molecule has 1 aromatic carbocycles. The van der Waals surface area contributed by atoms with Gasteiger partial charge in [-0.25, -0.2) is 8.42 Å². The molecule has 0 atom stereocenters. The van der Waals surface area contributed by atoms with Gasteiger partial charge in [0.25, 0.3) is 9.05 Å². The van der Waals surface area contributed by atoms with Crippen LogP contribution in [-0.4, -0.2) is 21.4 Å². The molecule has 0 aliphatic carbocycles. The van der Waals surface area contributed by atoms with Gasteiger partial charge in [0.1, 0.15) is 4.90 Å². The first-order valence-corrected chi connectivity index (χ1v) is 8.22. The van der Waals surface area contributed by atoms with Gasteiger partial charge < -0.3 is 10.1 Å². The predicted octanol–water partition coefficient (Wildman–Crippen LogP) is 2.92. The van der Waals surface area contributed by atoms with Gasteiger partial charge in [0, 0.05) is 16.1 Å². The lowest BCUT2D eigenvalue weighted by Crippen LogP contribution is -2.28. The van der Waals surface area contributed by atoms with E-state index >= 15 is 0 Å². The molecule has 0 bridgehead atoms. The topological polar surface area (TPSA) is 72.5 Å². The summed E-state index contributed by atoms with van der Waals surface area (Å²) >= 11 is 0. The van der Waals surface area contributed by atoms with Crippen LogP contribution in [0, 0.1) is 12.3 Å². The van der Waals surface area contributed by atoms with Crippen molar-refractivity contribution in [3.8, 4) is 5.75 Å². The maximum absolute atomic E-state index is 12.0. The minimum Gasteiger partial charge on any atom is -0.493 e. The van der Waals surface area contributed by atoms with E-state index < -0.39 is 14.5 Å². The lowest BCUT2D eigenvalue weighted by molar-refractivity contribution is -0.123. The third kappa shape index (κ3) is 3.86. The zero-order chi connectivity index (χ0) is 15.7. The van der Waals surface area contributed by atoms with Gasteiger partial charge in [0.05, 0.1) is 12.8 Å². The second-order valence-electron chi connectivity index (χ2n) is 5.49. The Labute approximate surface area is 123 Å². The number of carbonyl (C=O) groups excluding carboxylic acids is 1. The molecule has 5 nitrogen and oxygen atoms in total. The third-order valence-electron chi connectivity index (χ3n) is 2.60. The number of amides is 1. The van der Waals surface area contributed by atoms with E-state index in [1.165, 1.54) is 13.2 Å². The molecular weight excluding hydrogens is 302 g/mol. The van der Waals surface area contributed by atoms with Crippen molar-refractivity contribution >= 4 is 31.3 Å². The molecule has 0 aromatic heterocycles. The number of aryl methyl sites for hydroxylation is 1. The van der Waals surface area contributed by atoms with E-state index in [0.717, 1.165) is 0 Å². The van der Waals surface area contributed by atoms with E-state index in [2.05, 4.69) is 5.32 Å². The van der Waals surface area contributed by atoms with Crippen molar-refractivity contribution in [2.45, 2.75) is 32.6 Å². The Morgan fingerprint density at radius 2 is 1.85 bits per heavy atom. The summed E-state index contributed by atoms with van der Waals surface area (Å²) in [7, 11) is 2.75. The number of carbonyl (C=O) groups is 1. The fraction of sp³-hybridized carbons (Fsp3) is 0.462. The Kier molecular flexibility index (Phi) is 4.71. The highest BCUT2D eigenvalue weighted by atomic mass is 35.7. The Hall–Kier alpha value is -1.27. The fourth-order valence-electron chi connectivity index (χ4n) is 1.53. The summed E-state index contributed by atoms with van der Waals surface area (Å²) in [5.74, 6) is -0.220. The first-order valence-electron chi connectivity index (χ1n) is 5.91. The highest BCUT2D eigenvalue weighted by Gasteiger charge is 2.25. The minimum absolute atomic E-state index is 0.0307. The van der Waals surface area contributed by atoms with Gasteiger partial charge in [-0.05, 0) is 24.6 Å². The summed E-state index contributed by atoms with van der Waals surface area (Å²) in [6, 6.07) is 3.03. The molecule has 0 heterocycles. The molecule has 1 amide bonds. The molecule has 0 aliphatic heterocycles. The van der Waals surface area contributed by atoms with E-state index in [1.807, 2.05) is 0 Å². The number of rotatable bonds is 3. The van der Waals surface area contributed by atoms with Gasteiger partial charge in [-0.1, -0.05) is 20.8 Å². The number of anilines is 1. The summed E-state index contributed by atoms with van der Waals surface area (Å²) in [5, 5.41) is 2.67. The molecule has 0 unspecified atom stereocenters. The number of ether oxygens (including phenoxy) is 1. The van der Waals surface area contributed by atoms with Crippen LogP contribution in [0.15, 0.2) is 17.0 Å². The van der Waals surface area contributed by atoms with Gasteiger partial charge in [-0.2, -0.15) is 0 Å². The summed E-state index contributed by atoms with van der Waals surface area (Å²) in [6.45, 7) is 6.97. The van der Waals surface area contributed by atoms with Gasteiger partial charge in [-0.3, -0.25) is 4.79 Å². The lowest BCUT2D eigenvalue weighted by atomic mass is 9.95. The summed E-state index contributed by atoms with van der Waals surface area (Å²) in [5.41, 5.74) is 0.315. The molecule has 7 heteroatoms. The molecule has 20 heavy (non-hydrogen) atoms. The fourth-order valence-corrected chi connectivity index (χ4v) is 2.62. The second-order valence-corrected chi connectivity index (χ2v) is 8.02. The zero-order valence-corrected chi connectivity index (χ0v) is 13.6. The molecular formula is C13H18ClNO4S. The SMILES string of the molecule is COc1c(NC(=O)C(C)(C)C)cc(C)cc1S(=O)(=O)Cl. The van der Waals surface area contributed by atoms with Crippen molar-refractivity contribution in [2.75, 3.05) is 12.4 Å². The van der Waals surface area contributed by atoms with Crippen LogP contribution in [0.3, 0.4) is 0 Å². The van der Waals surface area contributed by atoms with Gasteiger partial charge in [0.15, 0.2) is 5.75 Å². The van der Waals surface area contributed by atoms with Crippen LogP contribution in [0.1, 0.15) is 26.3 Å². The maximum atomic E-state index is 12.0. The van der Waals surface area contributed by atoms with Crippen molar-refractivity contribution in [3.05, 3.63) is 17.7 Å². The maximum Gasteiger partial charge on any atom is 0.265 e. The molecule has 1 N–H and O–H groups in total. The van der Waals surface area contributed by atoms with Crippen LogP contribution in [0.4, 0.5) is 5.69 Å². The van der Waals surface area contributed by atoms with Crippen molar-refractivity contribution in [2.24, 2.45) is 5.41 Å². The van der Waals surface area contributed by atoms with E-state index in [0.29, 0.717) is 5.56 Å². The van der Waals surface area contributed by atoms with Crippen LogP contribution < -0.4 is 10.1 Å². The van der Waals surface area contributed by atoms with Gasteiger partial charge in [0.2, 0.25) is 5.91 Å². The van der Waals surface area contributed by atoms with Crippen LogP contribution in [0.2, 0.25) is 0 Å². The highest BCUT2D eigenvalue weighted by Crippen LogP contribution is 2.36. The van der Waals surface area contributed by atoms with E-state index in [1.54, 1.807) is 33.8 Å². The Balaban J connectivity index is 3.41. The summed E-state index contributed by atoms with van der Waals surface area (Å²) in [4.78, 5) is 11.9. The molecule has 0 radical (unpaired) electrons. The smallest absolute Gasteiger partial charge is 0.265 e. The van der Waals surface area contributed by atoms with Crippen molar-refractivity contribution in [3.63, 3.8) is 0 Å². The zero-order valence-electron chi connectivity index (χ0n) is 12.1. The van der Waals surface area contributed by atoms with E-state index in [4.69, 9.17) is 15.4 Å². The molecule has 112 valence electrons. The van der Waals surface area contributed by atoms with Crippen LogP contribution in [-0.2, 0) is 13.8 Å². The predicted molar refractivity (Wildman–Crippen MR) is 78.9 cm³/mol. The first kappa shape index (κ1) is 16.8. The van der Waals surface area contributed by atoms with Crippen LogP contribution in [0.5, 0.6) is 5.75 Å². The Bertz CT molecular complexity index is 633. The molecule has 0 saturated carbocycles. The highest BCUT2D eigenvalue weighted by molar-refractivity contribution is 8.13. The first-order chi connectivity index (χ1) is 8.96.